The van der Waals surface area contributed by atoms with Crippen LogP contribution >= 0.6 is 0 Å². The van der Waals surface area contributed by atoms with Gasteiger partial charge < -0.3 is 0 Å². The molecule has 0 spiro atoms. The summed E-state index contributed by atoms with van der Waals surface area (Å²) in [7, 11) is 0. The predicted molar refractivity (Wildman–Crippen MR) is 19.5 cm³/mol. The zero-order valence-electron chi connectivity index (χ0n) is 3.36. The molecule has 0 amide bonds. The van der Waals surface area contributed by atoms with Gasteiger partial charge in [-0.2, -0.15) is 4.39 Å². The van der Waals surface area contributed by atoms with Crippen molar-refractivity contribution in [2.75, 3.05) is 6.67 Å². The lowest BCUT2D eigenvalue weighted by Crippen LogP contribution is -2.16. The van der Waals surface area contributed by atoms with Gasteiger partial charge in [0.05, 0.1) is 0 Å². The molecule has 1 heterocycles. The maximum atomic E-state index is 11.6. The first kappa shape index (κ1) is 4.29. The van der Waals surface area contributed by atoms with Crippen LogP contribution in [0, 0.1) is 0 Å². The Hall–Kier alpha value is -0.870. The molecule has 0 radical (unpaired) electrons. The van der Waals surface area contributed by atoms with Gasteiger partial charge in [-0.1, -0.05) is 4.48 Å². The van der Waals surface area contributed by atoms with Crippen molar-refractivity contribution in [1.29, 1.82) is 0 Å². The van der Waals surface area contributed by atoms with E-state index in [1.807, 2.05) is 0 Å². The van der Waals surface area contributed by atoms with Gasteiger partial charge in [0.15, 0.2) is 0 Å². The highest BCUT2D eigenvalue weighted by Gasteiger charge is 2.13. The summed E-state index contributed by atoms with van der Waals surface area (Å²) >= 11 is 0. The summed E-state index contributed by atoms with van der Waals surface area (Å²) in [6.07, 6.45) is -1.11. The zero-order chi connectivity index (χ0) is 5.28. The van der Waals surface area contributed by atoms with E-state index in [4.69, 9.17) is 0 Å². The van der Waals surface area contributed by atoms with E-state index < -0.39 is 6.09 Å². The summed E-state index contributed by atoms with van der Waals surface area (Å²) in [5.74, 6) is 0. The molecule has 0 unspecified atom stereocenters. The first-order valence-electron chi connectivity index (χ1n) is 1.70. The fourth-order valence-electron chi connectivity index (χ4n) is 0.282. The molecule has 1 N–H and O–H groups in total. The van der Waals surface area contributed by atoms with Gasteiger partial charge in [0.25, 0.3) is 0 Å². The highest BCUT2D eigenvalue weighted by atomic mass is 19.2. The average Bonchev–Trinajstić information content (AvgIpc) is 1.91. The molecule has 0 atom stereocenters. The minimum absolute atomic E-state index is 0.125. The summed E-state index contributed by atoms with van der Waals surface area (Å²) in [6, 6.07) is 0. The van der Waals surface area contributed by atoms with Crippen LogP contribution < -0.4 is 5.43 Å². The Kier molecular flexibility index (Phi) is 0.812. The molecule has 1 rings (SSSR count). The second-order valence-electron chi connectivity index (χ2n) is 1.06. The van der Waals surface area contributed by atoms with Gasteiger partial charge in [-0.05, 0) is 0 Å². The van der Waals surface area contributed by atoms with E-state index >= 15 is 0 Å². The number of hydrazone groups is 1. The maximum absolute atomic E-state index is 11.6. The molecule has 1 aliphatic heterocycles. The number of nitrogens with one attached hydrogen (secondary N) is 1. The summed E-state index contributed by atoms with van der Waals surface area (Å²) in [4.78, 5) is 0. The van der Waals surface area contributed by atoms with Crippen molar-refractivity contribution in [1.82, 2.24) is 10.5 Å². The molecule has 1 aliphatic rings. The zero-order valence-corrected chi connectivity index (χ0v) is 3.36. The molecule has 0 bridgehead atoms. The number of hydrogen-bond acceptors (Lipinski definition) is 3. The van der Waals surface area contributed by atoms with Crippen LogP contribution in [0.25, 0.3) is 0 Å². The highest BCUT2D eigenvalue weighted by Crippen LogP contribution is 1.96. The molecule has 3 nitrogen and oxygen atoms in total. The van der Waals surface area contributed by atoms with E-state index in [9.17, 15) is 8.87 Å². The first-order valence-corrected chi connectivity index (χ1v) is 1.70. The first-order chi connectivity index (χ1) is 3.30. The van der Waals surface area contributed by atoms with Crippen molar-refractivity contribution < 1.29 is 8.87 Å². The second-order valence-corrected chi connectivity index (χ2v) is 1.06. The number of nitrogens with zero attached hydrogens (tertiary/aromatic N) is 2. The highest BCUT2D eigenvalue weighted by molar-refractivity contribution is 5.71. The average molecular weight is 107 g/mol. The molecule has 0 aliphatic carbocycles. The van der Waals surface area contributed by atoms with E-state index in [-0.39, 0.29) is 11.8 Å². The minimum atomic E-state index is -1.11. The van der Waals surface area contributed by atoms with E-state index in [2.05, 4.69) is 10.5 Å². The number of amidine groups is 1. The van der Waals surface area contributed by atoms with Crippen LogP contribution in [0.2, 0.25) is 0 Å². The SMILES string of the molecule is FC1=NNCN1F. The van der Waals surface area contributed by atoms with Crippen molar-refractivity contribution in [3.8, 4) is 0 Å². The van der Waals surface area contributed by atoms with Gasteiger partial charge in [0.1, 0.15) is 6.67 Å². The Morgan fingerprint density at radius 3 is 2.71 bits per heavy atom. The summed E-state index contributed by atoms with van der Waals surface area (Å²) in [5.41, 5.74) is 2.09. The standard InChI is InChI=1S/C2H3F2N3/c3-2-6-5-1-7(2)4/h5H,1H2. The van der Waals surface area contributed by atoms with Crippen LogP contribution in [-0.2, 0) is 0 Å². The topological polar surface area (TPSA) is 27.6 Å². The van der Waals surface area contributed by atoms with E-state index in [1.165, 1.54) is 0 Å². The number of rotatable bonds is 0. The van der Waals surface area contributed by atoms with Crippen LogP contribution in [0.4, 0.5) is 8.87 Å². The molecular formula is C2H3F2N3. The van der Waals surface area contributed by atoms with Crippen molar-refractivity contribution in [2.45, 2.75) is 0 Å². The number of hydrogen-bond donors (Lipinski definition) is 1. The molecule has 0 aromatic rings. The Morgan fingerprint density at radius 1 is 1.86 bits per heavy atom. The molecule has 40 valence electrons. The molecule has 0 aromatic heterocycles. The monoisotopic (exact) mass is 107 g/mol. The largest absolute Gasteiger partial charge is 0.331 e. The van der Waals surface area contributed by atoms with Crippen LogP contribution in [0.15, 0.2) is 5.10 Å². The minimum Gasteiger partial charge on any atom is -0.283 e. The van der Waals surface area contributed by atoms with Crippen LogP contribution in [0.1, 0.15) is 0 Å². The fraction of sp³-hybridized carbons (Fsp3) is 0.500. The molecule has 0 saturated heterocycles. The molecule has 0 fully saturated rings. The van der Waals surface area contributed by atoms with Gasteiger partial charge in [-0.15, -0.1) is 10.2 Å². The van der Waals surface area contributed by atoms with Gasteiger partial charge in [0.2, 0.25) is 0 Å². The smallest absolute Gasteiger partial charge is 0.283 e. The van der Waals surface area contributed by atoms with Gasteiger partial charge in [0, 0.05) is 0 Å². The lowest BCUT2D eigenvalue weighted by atomic mass is 11.0. The van der Waals surface area contributed by atoms with E-state index in [0.717, 1.165) is 0 Å². The summed E-state index contributed by atoms with van der Waals surface area (Å²) in [6.45, 7) is -0.189. The Morgan fingerprint density at radius 2 is 2.57 bits per heavy atom. The van der Waals surface area contributed by atoms with Gasteiger partial charge in [-0.25, -0.2) is 0 Å². The Balaban J connectivity index is 2.54. The molecule has 5 heteroatoms. The van der Waals surface area contributed by atoms with Crippen molar-refractivity contribution in [2.24, 2.45) is 5.10 Å². The third kappa shape index (κ3) is 0.603. The second kappa shape index (κ2) is 1.32. The van der Waals surface area contributed by atoms with Crippen molar-refractivity contribution >= 4 is 6.09 Å². The summed E-state index contributed by atoms with van der Waals surface area (Å²) in [5, 5.41) is 2.74. The predicted octanol–water partition coefficient (Wildman–Crippen LogP) is -0.0259. The Bertz CT molecular complexity index is 101. The third-order valence-corrected chi connectivity index (χ3v) is 0.581. The maximum Gasteiger partial charge on any atom is 0.331 e. The Labute approximate surface area is 38.5 Å². The van der Waals surface area contributed by atoms with Gasteiger partial charge in [-0.3, -0.25) is 5.43 Å². The van der Waals surface area contributed by atoms with Crippen molar-refractivity contribution in [3.05, 3.63) is 0 Å². The molecule has 7 heavy (non-hydrogen) atoms. The van der Waals surface area contributed by atoms with Crippen LogP contribution in [-0.4, -0.2) is 17.9 Å². The summed E-state index contributed by atoms with van der Waals surface area (Å²) < 4.78 is 23.1. The molecular weight excluding hydrogens is 104 g/mol. The number of halogens is 2. The lowest BCUT2D eigenvalue weighted by molar-refractivity contribution is 0.113. The van der Waals surface area contributed by atoms with Crippen LogP contribution in [0.5, 0.6) is 0 Å². The van der Waals surface area contributed by atoms with Gasteiger partial charge >= 0.3 is 6.09 Å². The van der Waals surface area contributed by atoms with Crippen molar-refractivity contribution in [3.63, 3.8) is 0 Å². The quantitative estimate of drug-likeness (QED) is 0.348. The third-order valence-electron chi connectivity index (χ3n) is 0.581. The molecule has 0 aromatic carbocycles. The van der Waals surface area contributed by atoms with E-state index in [0.29, 0.717) is 0 Å². The normalized spacial score (nSPS) is 19.1. The van der Waals surface area contributed by atoms with E-state index in [1.54, 1.807) is 0 Å². The van der Waals surface area contributed by atoms with Crippen LogP contribution in [0.3, 0.4) is 0 Å². The lowest BCUT2D eigenvalue weighted by Gasteiger charge is -1.94. The molecule has 0 saturated carbocycles. The fourth-order valence-corrected chi connectivity index (χ4v) is 0.282.